The first-order valence-electron chi connectivity index (χ1n) is 7.35. The van der Waals surface area contributed by atoms with Crippen LogP contribution < -0.4 is 5.73 Å². The highest BCUT2D eigenvalue weighted by molar-refractivity contribution is 5.22. The second kappa shape index (κ2) is 7.04. The zero-order chi connectivity index (χ0) is 13.7. The molecule has 0 radical (unpaired) electrons. The largest absolute Gasteiger partial charge is 0.330 e. The molecule has 1 fully saturated rings. The Labute approximate surface area is 117 Å². The molecule has 1 unspecified atom stereocenters. The maximum absolute atomic E-state index is 5.57. The number of hydrogen-bond donors (Lipinski definition) is 1. The second-order valence-corrected chi connectivity index (χ2v) is 5.83. The summed E-state index contributed by atoms with van der Waals surface area (Å²) in [4.78, 5) is 4.92. The van der Waals surface area contributed by atoms with Crippen LogP contribution >= 0.6 is 0 Å². The number of nitrogens with two attached hydrogens (primary N) is 1. The molecule has 1 aromatic rings. The lowest BCUT2D eigenvalue weighted by molar-refractivity contribution is 0.215. The summed E-state index contributed by atoms with van der Waals surface area (Å²) in [5.74, 6) is 0. The molecule has 1 aliphatic heterocycles. The fourth-order valence-electron chi connectivity index (χ4n) is 2.92. The van der Waals surface area contributed by atoms with Gasteiger partial charge in [0.1, 0.15) is 0 Å². The Bertz CT molecular complexity index is 374. The van der Waals surface area contributed by atoms with Crippen LogP contribution in [0.4, 0.5) is 0 Å². The molecule has 0 bridgehead atoms. The van der Waals surface area contributed by atoms with E-state index in [1.54, 1.807) is 0 Å². The molecular formula is C16H27N3. The summed E-state index contributed by atoms with van der Waals surface area (Å²) in [5.41, 5.74) is 8.30. The van der Waals surface area contributed by atoms with Gasteiger partial charge >= 0.3 is 0 Å². The van der Waals surface area contributed by atoms with Crippen LogP contribution in [-0.4, -0.2) is 49.6 Å². The molecule has 1 aromatic carbocycles. The first kappa shape index (κ1) is 14.5. The van der Waals surface area contributed by atoms with Gasteiger partial charge in [-0.3, -0.25) is 0 Å². The Morgan fingerprint density at radius 2 is 1.95 bits per heavy atom. The van der Waals surface area contributed by atoms with Crippen molar-refractivity contribution in [2.75, 3.05) is 33.7 Å². The second-order valence-electron chi connectivity index (χ2n) is 5.83. The van der Waals surface area contributed by atoms with Crippen molar-refractivity contribution in [1.82, 2.24) is 9.80 Å². The van der Waals surface area contributed by atoms with Gasteiger partial charge in [0.05, 0.1) is 0 Å². The van der Waals surface area contributed by atoms with Crippen LogP contribution in [0.15, 0.2) is 24.3 Å². The van der Waals surface area contributed by atoms with Crippen LogP contribution in [0.2, 0.25) is 0 Å². The van der Waals surface area contributed by atoms with E-state index >= 15 is 0 Å². The molecule has 1 saturated heterocycles. The number of hydrogen-bond acceptors (Lipinski definition) is 3. The Morgan fingerprint density at radius 1 is 1.26 bits per heavy atom. The maximum atomic E-state index is 5.57. The van der Waals surface area contributed by atoms with E-state index in [1.807, 2.05) is 0 Å². The quantitative estimate of drug-likeness (QED) is 0.846. The maximum Gasteiger partial charge on any atom is 0.0231 e. The van der Waals surface area contributed by atoms with Crippen LogP contribution in [0.1, 0.15) is 24.0 Å². The Morgan fingerprint density at radius 3 is 2.53 bits per heavy atom. The third kappa shape index (κ3) is 4.30. The lowest BCUT2D eigenvalue weighted by Crippen LogP contribution is -2.36. The predicted molar refractivity (Wildman–Crippen MR) is 81.2 cm³/mol. The first-order valence-corrected chi connectivity index (χ1v) is 7.35. The number of nitrogens with zero attached hydrogens (tertiary/aromatic N) is 2. The molecule has 0 saturated carbocycles. The molecule has 2 N–H and O–H groups in total. The average molecular weight is 261 g/mol. The summed E-state index contributed by atoms with van der Waals surface area (Å²) in [5, 5.41) is 0. The summed E-state index contributed by atoms with van der Waals surface area (Å²) in [7, 11) is 4.47. The monoisotopic (exact) mass is 261 g/mol. The third-order valence-electron chi connectivity index (χ3n) is 4.10. The Hall–Kier alpha value is -0.900. The molecule has 106 valence electrons. The summed E-state index contributed by atoms with van der Waals surface area (Å²) >= 11 is 0. The summed E-state index contributed by atoms with van der Waals surface area (Å²) in [6.45, 7) is 4.19. The molecule has 1 aliphatic rings. The number of likely N-dealkylation sites (tertiary alicyclic amines) is 1. The van der Waals surface area contributed by atoms with E-state index in [9.17, 15) is 0 Å². The molecule has 0 aliphatic carbocycles. The molecule has 0 aromatic heterocycles. The van der Waals surface area contributed by atoms with Gasteiger partial charge in [0.25, 0.3) is 0 Å². The van der Waals surface area contributed by atoms with Crippen LogP contribution in [0.5, 0.6) is 0 Å². The zero-order valence-electron chi connectivity index (χ0n) is 12.3. The van der Waals surface area contributed by atoms with Crippen molar-refractivity contribution in [3.8, 4) is 0 Å². The normalized spacial score (nSPS) is 20.3. The van der Waals surface area contributed by atoms with E-state index in [0.29, 0.717) is 0 Å². The standard InChI is InChI=1S/C16H27N3/c1-18(13-16-4-3-11-19(16)2)12-15-7-5-14(6-8-15)9-10-17/h5-8,16H,3-4,9-13,17H2,1-2H3. The molecule has 3 heteroatoms. The highest BCUT2D eigenvalue weighted by Crippen LogP contribution is 2.16. The minimum Gasteiger partial charge on any atom is -0.330 e. The minimum atomic E-state index is 0.729. The lowest BCUT2D eigenvalue weighted by atomic mass is 10.1. The van der Waals surface area contributed by atoms with Crippen molar-refractivity contribution in [1.29, 1.82) is 0 Å². The SMILES string of the molecule is CN(Cc1ccc(CCN)cc1)CC1CCCN1C. The minimum absolute atomic E-state index is 0.729. The lowest BCUT2D eigenvalue weighted by Gasteiger charge is -2.25. The molecule has 19 heavy (non-hydrogen) atoms. The van der Waals surface area contributed by atoms with Crippen LogP contribution in [0, 0.1) is 0 Å². The van der Waals surface area contributed by atoms with E-state index < -0.39 is 0 Å². The fourth-order valence-corrected chi connectivity index (χ4v) is 2.92. The number of likely N-dealkylation sites (N-methyl/N-ethyl adjacent to an activating group) is 2. The van der Waals surface area contributed by atoms with E-state index in [4.69, 9.17) is 5.73 Å². The van der Waals surface area contributed by atoms with E-state index in [1.165, 1.54) is 37.1 Å². The molecule has 1 atom stereocenters. The predicted octanol–water partition coefficient (Wildman–Crippen LogP) is 1.71. The molecular weight excluding hydrogens is 234 g/mol. The smallest absolute Gasteiger partial charge is 0.0231 e. The van der Waals surface area contributed by atoms with Crippen molar-refractivity contribution in [2.45, 2.75) is 31.8 Å². The summed E-state index contributed by atoms with van der Waals surface area (Å²) in [6, 6.07) is 9.62. The van der Waals surface area contributed by atoms with Gasteiger partial charge in [-0.05, 0) is 57.6 Å². The van der Waals surface area contributed by atoms with Gasteiger partial charge < -0.3 is 15.5 Å². The van der Waals surface area contributed by atoms with Gasteiger partial charge in [0.2, 0.25) is 0 Å². The zero-order valence-corrected chi connectivity index (χ0v) is 12.3. The van der Waals surface area contributed by atoms with Gasteiger partial charge in [-0.15, -0.1) is 0 Å². The van der Waals surface area contributed by atoms with Crippen LogP contribution in [-0.2, 0) is 13.0 Å². The van der Waals surface area contributed by atoms with Crippen LogP contribution in [0.25, 0.3) is 0 Å². The number of benzene rings is 1. The molecule has 0 spiro atoms. The van der Waals surface area contributed by atoms with Crippen LogP contribution in [0.3, 0.4) is 0 Å². The van der Waals surface area contributed by atoms with E-state index in [2.05, 4.69) is 48.2 Å². The number of rotatable bonds is 6. The van der Waals surface area contributed by atoms with Gasteiger partial charge in [0, 0.05) is 19.1 Å². The molecule has 1 heterocycles. The third-order valence-corrected chi connectivity index (χ3v) is 4.10. The fraction of sp³-hybridized carbons (Fsp3) is 0.625. The van der Waals surface area contributed by atoms with Crippen molar-refractivity contribution < 1.29 is 0 Å². The van der Waals surface area contributed by atoms with Crippen molar-refractivity contribution in [3.05, 3.63) is 35.4 Å². The van der Waals surface area contributed by atoms with Crippen molar-refractivity contribution in [3.63, 3.8) is 0 Å². The average Bonchev–Trinajstić information content (AvgIpc) is 2.78. The summed E-state index contributed by atoms with van der Waals surface area (Å²) < 4.78 is 0. The first-order chi connectivity index (χ1) is 9.19. The molecule has 2 rings (SSSR count). The highest BCUT2D eigenvalue weighted by atomic mass is 15.2. The van der Waals surface area contributed by atoms with Gasteiger partial charge in [-0.2, -0.15) is 0 Å². The summed E-state index contributed by atoms with van der Waals surface area (Å²) in [6.07, 6.45) is 3.67. The van der Waals surface area contributed by atoms with Crippen molar-refractivity contribution >= 4 is 0 Å². The Kier molecular flexibility index (Phi) is 5.37. The Balaban J connectivity index is 1.82. The van der Waals surface area contributed by atoms with Gasteiger partial charge in [0.15, 0.2) is 0 Å². The highest BCUT2D eigenvalue weighted by Gasteiger charge is 2.21. The topological polar surface area (TPSA) is 32.5 Å². The van der Waals surface area contributed by atoms with E-state index in [0.717, 1.165) is 25.6 Å². The van der Waals surface area contributed by atoms with Crippen molar-refractivity contribution in [2.24, 2.45) is 5.73 Å². The van der Waals surface area contributed by atoms with Gasteiger partial charge in [-0.25, -0.2) is 0 Å². The van der Waals surface area contributed by atoms with Gasteiger partial charge in [-0.1, -0.05) is 24.3 Å². The molecule has 0 amide bonds. The van der Waals surface area contributed by atoms with E-state index in [-0.39, 0.29) is 0 Å². The molecule has 3 nitrogen and oxygen atoms in total.